The second-order valence-electron chi connectivity index (χ2n) is 7.87. The highest BCUT2D eigenvalue weighted by Crippen LogP contribution is 2.49. The van der Waals surface area contributed by atoms with Crippen LogP contribution in [-0.4, -0.2) is 18.0 Å². The van der Waals surface area contributed by atoms with Crippen LogP contribution in [-0.2, 0) is 4.79 Å². The molecule has 0 aliphatic heterocycles. The summed E-state index contributed by atoms with van der Waals surface area (Å²) in [6.07, 6.45) is 6.69. The molecule has 2 bridgehead atoms. The third kappa shape index (κ3) is 4.10. The first-order chi connectivity index (χ1) is 11.5. The van der Waals surface area contributed by atoms with Crippen molar-refractivity contribution in [2.75, 3.05) is 0 Å². The first kappa shape index (κ1) is 19.3. The Labute approximate surface area is 165 Å². The van der Waals surface area contributed by atoms with E-state index >= 15 is 0 Å². The van der Waals surface area contributed by atoms with Gasteiger partial charge in [-0.05, 0) is 73.6 Å². The van der Waals surface area contributed by atoms with E-state index in [1.807, 2.05) is 12.1 Å². The number of rotatable bonds is 3. The standard InChI is InChI=1S/C19H24Cl2N2O.ClH/c20-13-4-12(5-14(21)8-13)16-9-17(16)19(24)23-18-10-2-1-3-11(18)7-15(22)6-10;/h4-5,8,10-11,15-18H,1-3,6-7,9,22H2,(H,23,24);1H. The van der Waals surface area contributed by atoms with Crippen molar-refractivity contribution in [1.29, 1.82) is 0 Å². The monoisotopic (exact) mass is 402 g/mol. The summed E-state index contributed by atoms with van der Waals surface area (Å²) in [5.74, 6) is 1.65. The predicted octanol–water partition coefficient (Wildman–Crippen LogP) is 4.54. The van der Waals surface area contributed by atoms with Gasteiger partial charge in [0.25, 0.3) is 0 Å². The molecule has 25 heavy (non-hydrogen) atoms. The fourth-order valence-corrected chi connectivity index (χ4v) is 5.48. The van der Waals surface area contributed by atoms with Crippen LogP contribution < -0.4 is 11.1 Å². The van der Waals surface area contributed by atoms with Gasteiger partial charge in [-0.25, -0.2) is 0 Å². The van der Waals surface area contributed by atoms with Crippen LogP contribution in [0.15, 0.2) is 18.2 Å². The van der Waals surface area contributed by atoms with Crippen LogP contribution in [0.25, 0.3) is 0 Å². The Bertz CT molecular complexity index is 619. The molecule has 1 amide bonds. The van der Waals surface area contributed by atoms with Crippen LogP contribution in [0.2, 0.25) is 10.0 Å². The van der Waals surface area contributed by atoms with Crippen LogP contribution in [0, 0.1) is 17.8 Å². The molecule has 0 aromatic heterocycles. The van der Waals surface area contributed by atoms with Crippen molar-refractivity contribution < 1.29 is 4.79 Å². The van der Waals surface area contributed by atoms with Gasteiger partial charge < -0.3 is 11.1 Å². The summed E-state index contributed by atoms with van der Waals surface area (Å²) in [4.78, 5) is 12.7. The molecule has 138 valence electrons. The van der Waals surface area contributed by atoms with Gasteiger partial charge in [-0.3, -0.25) is 4.79 Å². The van der Waals surface area contributed by atoms with Gasteiger partial charge in [0.1, 0.15) is 0 Å². The highest BCUT2D eigenvalue weighted by atomic mass is 35.5. The smallest absolute Gasteiger partial charge is 0.223 e. The zero-order valence-corrected chi connectivity index (χ0v) is 16.4. The summed E-state index contributed by atoms with van der Waals surface area (Å²) in [5.41, 5.74) is 7.26. The lowest BCUT2D eigenvalue weighted by Gasteiger charge is -2.45. The van der Waals surface area contributed by atoms with Gasteiger partial charge in [0.05, 0.1) is 0 Å². The lowest BCUT2D eigenvalue weighted by molar-refractivity contribution is -0.124. The Morgan fingerprint density at radius 2 is 1.64 bits per heavy atom. The van der Waals surface area contributed by atoms with Crippen molar-refractivity contribution in [2.24, 2.45) is 23.5 Å². The number of nitrogens with two attached hydrogens (primary N) is 1. The van der Waals surface area contributed by atoms with Crippen LogP contribution in [0.4, 0.5) is 0 Å². The van der Waals surface area contributed by atoms with Crippen LogP contribution in [0.3, 0.4) is 0 Å². The van der Waals surface area contributed by atoms with Crippen LogP contribution >= 0.6 is 35.6 Å². The second kappa shape index (κ2) is 7.64. The van der Waals surface area contributed by atoms with Gasteiger partial charge in [0.15, 0.2) is 0 Å². The Morgan fingerprint density at radius 1 is 1.04 bits per heavy atom. The number of fused-ring (bicyclic) bond motifs is 2. The minimum Gasteiger partial charge on any atom is -0.353 e. The van der Waals surface area contributed by atoms with Crippen molar-refractivity contribution in [3.8, 4) is 0 Å². The molecule has 3 aliphatic rings. The summed E-state index contributed by atoms with van der Waals surface area (Å²) in [6.45, 7) is 0. The molecule has 6 heteroatoms. The van der Waals surface area contributed by atoms with Crippen molar-refractivity contribution in [3.05, 3.63) is 33.8 Å². The third-order valence-electron chi connectivity index (χ3n) is 6.13. The number of benzene rings is 1. The number of nitrogens with one attached hydrogen (secondary N) is 1. The van der Waals surface area contributed by atoms with E-state index < -0.39 is 0 Å². The highest BCUT2D eigenvalue weighted by molar-refractivity contribution is 6.34. The second-order valence-corrected chi connectivity index (χ2v) is 8.74. The van der Waals surface area contributed by atoms with E-state index in [1.165, 1.54) is 19.3 Å². The highest BCUT2D eigenvalue weighted by Gasteiger charge is 2.47. The minimum absolute atomic E-state index is 0. The number of carbonyl (C=O) groups is 1. The maximum Gasteiger partial charge on any atom is 0.223 e. The van der Waals surface area contributed by atoms with E-state index in [4.69, 9.17) is 28.9 Å². The number of carbonyl (C=O) groups excluding carboxylic acids is 1. The molecule has 0 heterocycles. The molecule has 1 aromatic rings. The Balaban J connectivity index is 0.00000182. The summed E-state index contributed by atoms with van der Waals surface area (Å²) >= 11 is 12.2. The van der Waals surface area contributed by atoms with E-state index in [-0.39, 0.29) is 30.2 Å². The molecule has 4 rings (SSSR count). The molecule has 4 unspecified atom stereocenters. The van der Waals surface area contributed by atoms with E-state index in [0.29, 0.717) is 34.0 Å². The SMILES string of the molecule is Cl.NC1CC2CCCC(C1)C2NC(=O)C1CC1c1cc(Cl)cc(Cl)c1. The quantitative estimate of drug-likeness (QED) is 0.778. The molecule has 3 aliphatic carbocycles. The van der Waals surface area contributed by atoms with Crippen molar-refractivity contribution in [1.82, 2.24) is 5.32 Å². The maximum atomic E-state index is 12.7. The zero-order valence-electron chi connectivity index (χ0n) is 14.1. The Hall–Kier alpha value is -0.480. The number of hydrogen-bond acceptors (Lipinski definition) is 2. The van der Waals surface area contributed by atoms with E-state index in [0.717, 1.165) is 24.8 Å². The van der Waals surface area contributed by atoms with Gasteiger partial charge >= 0.3 is 0 Å². The summed E-state index contributed by atoms with van der Waals surface area (Å²) in [6, 6.07) is 6.24. The molecule has 0 saturated heterocycles. The first-order valence-corrected chi connectivity index (χ1v) is 9.79. The lowest BCUT2D eigenvalue weighted by Crippen LogP contribution is -2.54. The van der Waals surface area contributed by atoms with E-state index in [1.54, 1.807) is 6.07 Å². The van der Waals surface area contributed by atoms with Crippen molar-refractivity contribution >= 4 is 41.5 Å². The van der Waals surface area contributed by atoms with Crippen molar-refractivity contribution in [3.63, 3.8) is 0 Å². The number of hydrogen-bond donors (Lipinski definition) is 2. The fourth-order valence-electron chi connectivity index (χ4n) is 4.94. The molecule has 3 nitrogen and oxygen atoms in total. The van der Waals surface area contributed by atoms with Gasteiger partial charge in [-0.15, -0.1) is 12.4 Å². The third-order valence-corrected chi connectivity index (χ3v) is 6.56. The number of halogens is 3. The predicted molar refractivity (Wildman–Crippen MR) is 105 cm³/mol. The minimum atomic E-state index is 0. The van der Waals surface area contributed by atoms with Gasteiger partial charge in [-0.2, -0.15) is 0 Å². The number of amides is 1. The van der Waals surface area contributed by atoms with Crippen LogP contribution in [0.5, 0.6) is 0 Å². The van der Waals surface area contributed by atoms with Crippen LogP contribution in [0.1, 0.15) is 50.0 Å². The Kier molecular flexibility index (Phi) is 5.89. The summed E-state index contributed by atoms with van der Waals surface area (Å²) in [7, 11) is 0. The van der Waals surface area contributed by atoms with Gasteiger partial charge in [0, 0.05) is 28.0 Å². The maximum absolute atomic E-state index is 12.7. The molecule has 3 N–H and O–H groups in total. The molecule has 0 radical (unpaired) electrons. The fraction of sp³-hybridized carbons (Fsp3) is 0.632. The molecular formula is C19H25Cl3N2O. The average molecular weight is 404 g/mol. The largest absolute Gasteiger partial charge is 0.353 e. The molecule has 3 fully saturated rings. The van der Waals surface area contributed by atoms with Gasteiger partial charge in [0.2, 0.25) is 5.91 Å². The molecule has 3 saturated carbocycles. The topological polar surface area (TPSA) is 55.1 Å². The molecular weight excluding hydrogens is 379 g/mol. The molecule has 4 atom stereocenters. The van der Waals surface area contributed by atoms with Crippen molar-refractivity contribution in [2.45, 2.75) is 56.5 Å². The Morgan fingerprint density at radius 3 is 2.24 bits per heavy atom. The lowest BCUT2D eigenvalue weighted by atomic mass is 9.67. The summed E-state index contributed by atoms with van der Waals surface area (Å²) in [5, 5.41) is 4.65. The molecule has 1 aromatic carbocycles. The van der Waals surface area contributed by atoms with E-state index in [2.05, 4.69) is 5.32 Å². The summed E-state index contributed by atoms with van der Waals surface area (Å²) < 4.78 is 0. The normalized spacial score (nSPS) is 36.3. The zero-order chi connectivity index (χ0) is 16.8. The molecule has 0 spiro atoms. The first-order valence-electron chi connectivity index (χ1n) is 9.03. The van der Waals surface area contributed by atoms with Gasteiger partial charge in [-0.1, -0.05) is 29.6 Å². The average Bonchev–Trinajstić information content (AvgIpc) is 3.27. The van der Waals surface area contributed by atoms with E-state index in [9.17, 15) is 4.79 Å².